The van der Waals surface area contributed by atoms with Crippen molar-refractivity contribution in [1.82, 2.24) is 0 Å². The Morgan fingerprint density at radius 2 is 1.62 bits per heavy atom. The summed E-state index contributed by atoms with van der Waals surface area (Å²) in [4.78, 5) is 0. The predicted octanol–water partition coefficient (Wildman–Crippen LogP) is 3.56. The van der Waals surface area contributed by atoms with Gasteiger partial charge in [0.25, 0.3) is 0 Å². The largest absolute Gasteiger partial charge is 0.508 e. The van der Waals surface area contributed by atoms with Gasteiger partial charge in [-0.3, -0.25) is 0 Å². The number of aromatic hydroxyl groups is 1. The van der Waals surface area contributed by atoms with Gasteiger partial charge < -0.3 is 9.66 Å². The Morgan fingerprint density at radius 3 is 2.19 bits per heavy atom. The lowest BCUT2D eigenvalue weighted by molar-refractivity contribution is 0.471. The molecule has 0 heterocycles. The molecular formula is C13H13O2S. The standard InChI is InChI=1S/C13H11O.H2OS/c1-10-9-12(7-8-13(10)14)11-5-3-2-4-6-11;1-2/h3-9,14H,1H3;1-2H. The van der Waals surface area contributed by atoms with Crippen molar-refractivity contribution in [3.8, 4) is 16.9 Å². The van der Waals surface area contributed by atoms with Crippen LogP contribution in [0.25, 0.3) is 11.1 Å². The Kier molecular flexibility index (Phi) is 4.89. The number of phenolic OH excluding ortho intramolecular Hbond substituents is 1. The normalized spacial score (nSPS) is 9.19. The Hall–Kier alpha value is -1.45. The molecule has 0 aromatic heterocycles. The quantitative estimate of drug-likeness (QED) is 0.520. The van der Waals surface area contributed by atoms with Crippen LogP contribution in [0.3, 0.4) is 0 Å². The van der Waals surface area contributed by atoms with Crippen molar-refractivity contribution in [3.63, 3.8) is 0 Å². The summed E-state index contributed by atoms with van der Waals surface area (Å²) in [6.07, 6.45) is 0. The highest BCUT2D eigenvalue weighted by molar-refractivity contribution is 7.74. The second kappa shape index (κ2) is 6.20. The Labute approximate surface area is 101 Å². The van der Waals surface area contributed by atoms with Gasteiger partial charge in [0, 0.05) is 0 Å². The molecule has 2 rings (SSSR count). The number of hydrogen-bond acceptors (Lipinski definition) is 3. The van der Waals surface area contributed by atoms with E-state index in [0.717, 1.165) is 16.7 Å². The number of phenols is 1. The second-order valence-electron chi connectivity index (χ2n) is 3.29. The molecule has 0 saturated heterocycles. The van der Waals surface area contributed by atoms with Gasteiger partial charge in [0.05, 0.1) is 0 Å². The van der Waals surface area contributed by atoms with E-state index in [9.17, 15) is 5.11 Å². The van der Waals surface area contributed by atoms with Gasteiger partial charge in [0.15, 0.2) is 0 Å². The predicted molar refractivity (Wildman–Crippen MR) is 68.7 cm³/mol. The third-order valence-corrected chi connectivity index (χ3v) is 2.25. The van der Waals surface area contributed by atoms with Crippen LogP contribution in [0.5, 0.6) is 5.75 Å². The molecule has 2 nitrogen and oxygen atoms in total. The summed E-state index contributed by atoms with van der Waals surface area (Å²) in [5, 5.41) is 9.38. The molecule has 0 amide bonds. The molecule has 0 atom stereocenters. The van der Waals surface area contributed by atoms with Crippen LogP contribution in [0.1, 0.15) is 5.56 Å². The van der Waals surface area contributed by atoms with Gasteiger partial charge in [-0.2, -0.15) is 0 Å². The van der Waals surface area contributed by atoms with Crippen molar-refractivity contribution in [2.24, 2.45) is 0 Å². The van der Waals surface area contributed by atoms with Crippen molar-refractivity contribution in [3.05, 3.63) is 54.1 Å². The number of benzene rings is 2. The minimum absolute atomic E-state index is 0.344. The van der Waals surface area contributed by atoms with Crippen LogP contribution in [-0.2, 0) is 0 Å². The molecule has 0 bridgehead atoms. The van der Waals surface area contributed by atoms with E-state index in [4.69, 9.17) is 4.55 Å². The number of thiol groups is 1. The average Bonchev–Trinajstić information content (AvgIpc) is 2.36. The molecule has 83 valence electrons. The third kappa shape index (κ3) is 3.02. The number of rotatable bonds is 1. The van der Waals surface area contributed by atoms with Gasteiger partial charge in [-0.1, -0.05) is 30.3 Å². The zero-order valence-electron chi connectivity index (χ0n) is 8.88. The van der Waals surface area contributed by atoms with Crippen LogP contribution in [-0.4, -0.2) is 9.66 Å². The van der Waals surface area contributed by atoms with Crippen LogP contribution >= 0.6 is 12.9 Å². The van der Waals surface area contributed by atoms with Gasteiger partial charge in [0.2, 0.25) is 0 Å². The zero-order valence-corrected chi connectivity index (χ0v) is 9.78. The van der Waals surface area contributed by atoms with Crippen LogP contribution in [0.15, 0.2) is 42.5 Å². The molecule has 1 radical (unpaired) electrons. The molecule has 0 spiro atoms. The average molecular weight is 233 g/mol. The fraction of sp³-hybridized carbons (Fsp3) is 0.0769. The summed E-state index contributed by atoms with van der Waals surface area (Å²) < 4.78 is 6.69. The highest BCUT2D eigenvalue weighted by atomic mass is 32.1. The molecule has 0 fully saturated rings. The molecule has 16 heavy (non-hydrogen) atoms. The summed E-state index contributed by atoms with van der Waals surface area (Å²) >= 11 is 2.53. The molecule has 0 aliphatic rings. The van der Waals surface area contributed by atoms with E-state index in [1.54, 1.807) is 6.07 Å². The van der Waals surface area contributed by atoms with Crippen molar-refractivity contribution in [2.75, 3.05) is 0 Å². The van der Waals surface area contributed by atoms with Gasteiger partial charge in [0.1, 0.15) is 5.75 Å². The molecule has 2 aromatic rings. The van der Waals surface area contributed by atoms with Gasteiger partial charge in [-0.05, 0) is 54.7 Å². The van der Waals surface area contributed by atoms with E-state index in [1.807, 2.05) is 43.3 Å². The SMILES string of the molecule is Cc1cc(-c2cc[c]cc2)ccc1O.OS. The van der Waals surface area contributed by atoms with Gasteiger partial charge >= 0.3 is 0 Å². The molecule has 2 aromatic carbocycles. The van der Waals surface area contributed by atoms with Crippen LogP contribution in [0.4, 0.5) is 0 Å². The lowest BCUT2D eigenvalue weighted by Gasteiger charge is -2.03. The van der Waals surface area contributed by atoms with E-state index >= 15 is 0 Å². The molecule has 3 heteroatoms. The third-order valence-electron chi connectivity index (χ3n) is 2.25. The Balaban J connectivity index is 0.000000606. The Bertz CT molecular complexity index is 441. The number of hydrogen-bond donors (Lipinski definition) is 3. The first-order valence-corrected chi connectivity index (χ1v) is 5.13. The summed E-state index contributed by atoms with van der Waals surface area (Å²) in [6.45, 7) is 1.90. The summed E-state index contributed by atoms with van der Waals surface area (Å²) in [5.41, 5.74) is 3.16. The zero-order chi connectivity index (χ0) is 12.0. The maximum atomic E-state index is 9.38. The maximum absolute atomic E-state index is 9.38. The summed E-state index contributed by atoms with van der Waals surface area (Å²) in [5.74, 6) is 0.344. The van der Waals surface area contributed by atoms with Gasteiger partial charge in [-0.15, -0.1) is 0 Å². The van der Waals surface area contributed by atoms with Gasteiger partial charge in [-0.25, -0.2) is 0 Å². The summed E-state index contributed by atoms with van der Waals surface area (Å²) in [7, 11) is 0. The second-order valence-corrected chi connectivity index (χ2v) is 3.29. The smallest absolute Gasteiger partial charge is 0.118 e. The monoisotopic (exact) mass is 233 g/mol. The van der Waals surface area contributed by atoms with E-state index < -0.39 is 0 Å². The van der Waals surface area contributed by atoms with E-state index in [0.29, 0.717) is 5.75 Å². The minimum atomic E-state index is 0.344. The molecular weight excluding hydrogens is 220 g/mol. The fourth-order valence-corrected chi connectivity index (χ4v) is 1.41. The summed E-state index contributed by atoms with van der Waals surface area (Å²) in [6, 6.07) is 16.4. The van der Waals surface area contributed by atoms with E-state index in [2.05, 4.69) is 19.0 Å². The van der Waals surface area contributed by atoms with Crippen LogP contribution in [0.2, 0.25) is 0 Å². The van der Waals surface area contributed by atoms with E-state index in [-0.39, 0.29) is 0 Å². The molecule has 2 N–H and O–H groups in total. The first-order valence-electron chi connectivity index (χ1n) is 4.73. The molecule has 0 aliphatic carbocycles. The lowest BCUT2D eigenvalue weighted by atomic mass is 10.0. The highest BCUT2D eigenvalue weighted by Crippen LogP contribution is 2.24. The van der Waals surface area contributed by atoms with Crippen molar-refractivity contribution in [2.45, 2.75) is 6.92 Å². The first-order chi connectivity index (χ1) is 7.77. The highest BCUT2D eigenvalue weighted by Gasteiger charge is 1.99. The molecule has 0 aliphatic heterocycles. The minimum Gasteiger partial charge on any atom is -0.508 e. The fourth-order valence-electron chi connectivity index (χ4n) is 1.41. The first kappa shape index (κ1) is 12.6. The van der Waals surface area contributed by atoms with Crippen LogP contribution < -0.4 is 0 Å². The van der Waals surface area contributed by atoms with Crippen LogP contribution in [0, 0.1) is 13.0 Å². The maximum Gasteiger partial charge on any atom is 0.118 e. The Morgan fingerprint density at radius 1 is 1.00 bits per heavy atom. The molecule has 0 saturated carbocycles. The van der Waals surface area contributed by atoms with E-state index in [1.165, 1.54) is 0 Å². The topological polar surface area (TPSA) is 40.5 Å². The molecule has 0 unspecified atom stereocenters. The lowest BCUT2D eigenvalue weighted by Crippen LogP contribution is -1.79. The van der Waals surface area contributed by atoms with Crippen molar-refractivity contribution >= 4 is 12.9 Å². The van der Waals surface area contributed by atoms with Crippen molar-refractivity contribution < 1.29 is 9.66 Å². The number of aryl methyl sites for hydroxylation is 1. The van der Waals surface area contributed by atoms with Crippen molar-refractivity contribution in [1.29, 1.82) is 0 Å².